The maximum Gasteiger partial charge on any atom is 0.220 e. The third-order valence-electron chi connectivity index (χ3n) is 9.62. The van der Waals surface area contributed by atoms with Crippen molar-refractivity contribution < 1.29 is 15.0 Å². The first kappa shape index (κ1) is 43.4. The van der Waals surface area contributed by atoms with E-state index in [1.807, 2.05) is 0 Å². The molecule has 0 aliphatic carbocycles. The quantitative estimate of drug-likeness (QED) is 0.0603. The van der Waals surface area contributed by atoms with E-state index in [1.165, 1.54) is 180 Å². The van der Waals surface area contributed by atoms with Gasteiger partial charge in [-0.1, -0.05) is 213 Å². The van der Waals surface area contributed by atoms with Gasteiger partial charge in [0.15, 0.2) is 0 Å². The highest BCUT2D eigenvalue weighted by atomic mass is 16.3. The Morgan fingerprint density at radius 1 is 0.455 bits per heavy atom. The van der Waals surface area contributed by atoms with Gasteiger partial charge in [-0.3, -0.25) is 4.79 Å². The molecule has 0 heterocycles. The maximum atomic E-state index is 12.3. The van der Waals surface area contributed by atoms with Crippen molar-refractivity contribution in [1.29, 1.82) is 0 Å². The molecule has 0 radical (unpaired) electrons. The summed E-state index contributed by atoms with van der Waals surface area (Å²) < 4.78 is 0. The first-order valence-electron chi connectivity index (χ1n) is 20.2. The zero-order chi connectivity index (χ0) is 32.2. The van der Waals surface area contributed by atoms with Crippen LogP contribution in [0.2, 0.25) is 0 Å². The largest absolute Gasteiger partial charge is 0.394 e. The fraction of sp³-hybridized carbons (Fsp3) is 0.975. The van der Waals surface area contributed by atoms with E-state index in [4.69, 9.17) is 0 Å². The second-order valence-electron chi connectivity index (χ2n) is 14.1. The minimum atomic E-state index is -0.651. The molecule has 0 aliphatic heterocycles. The van der Waals surface area contributed by atoms with Crippen molar-refractivity contribution in [3.63, 3.8) is 0 Å². The van der Waals surface area contributed by atoms with E-state index < -0.39 is 12.1 Å². The highest BCUT2D eigenvalue weighted by Gasteiger charge is 2.19. The van der Waals surface area contributed by atoms with Crippen LogP contribution in [0.1, 0.15) is 232 Å². The highest BCUT2D eigenvalue weighted by Crippen LogP contribution is 2.16. The lowest BCUT2D eigenvalue weighted by Gasteiger charge is -2.22. The van der Waals surface area contributed by atoms with Gasteiger partial charge in [0.05, 0.1) is 18.8 Å². The molecule has 1 amide bonds. The van der Waals surface area contributed by atoms with Crippen molar-refractivity contribution in [3.05, 3.63) is 0 Å². The molecule has 0 aliphatic rings. The SMILES string of the molecule is CCCCCCCCCCCCCCCCCCCCCCCC(=O)NC(CO)C(O)CCCCCCCCCCCCC. The molecule has 0 saturated heterocycles. The number of hydrogen-bond donors (Lipinski definition) is 3. The van der Waals surface area contributed by atoms with E-state index in [1.54, 1.807) is 0 Å². The van der Waals surface area contributed by atoms with Gasteiger partial charge in [0, 0.05) is 6.42 Å². The smallest absolute Gasteiger partial charge is 0.220 e. The minimum absolute atomic E-state index is 0.0279. The molecule has 2 atom stereocenters. The lowest BCUT2D eigenvalue weighted by atomic mass is 10.0. The van der Waals surface area contributed by atoms with E-state index in [0.29, 0.717) is 12.8 Å². The molecule has 0 aromatic heterocycles. The van der Waals surface area contributed by atoms with E-state index in [0.717, 1.165) is 25.7 Å². The Balaban J connectivity index is 3.45. The molecule has 4 nitrogen and oxygen atoms in total. The fourth-order valence-electron chi connectivity index (χ4n) is 6.48. The first-order chi connectivity index (χ1) is 21.7. The van der Waals surface area contributed by atoms with Crippen molar-refractivity contribution in [2.24, 2.45) is 0 Å². The van der Waals surface area contributed by atoms with Crippen molar-refractivity contribution in [2.75, 3.05) is 6.61 Å². The Morgan fingerprint density at radius 2 is 0.727 bits per heavy atom. The van der Waals surface area contributed by atoms with Crippen LogP contribution < -0.4 is 5.32 Å². The number of carbonyl (C=O) groups excluding carboxylic acids is 1. The molecule has 3 N–H and O–H groups in total. The molecule has 0 aromatic rings. The molecule has 44 heavy (non-hydrogen) atoms. The van der Waals surface area contributed by atoms with Gasteiger partial charge in [-0.05, 0) is 12.8 Å². The molecule has 2 unspecified atom stereocenters. The predicted molar refractivity (Wildman–Crippen MR) is 193 cm³/mol. The highest BCUT2D eigenvalue weighted by molar-refractivity contribution is 5.76. The summed E-state index contributed by atoms with van der Waals surface area (Å²) in [7, 11) is 0. The van der Waals surface area contributed by atoms with Crippen molar-refractivity contribution in [1.82, 2.24) is 5.32 Å². The average molecular weight is 624 g/mol. The van der Waals surface area contributed by atoms with Gasteiger partial charge < -0.3 is 15.5 Å². The molecule has 4 heteroatoms. The number of carbonyl (C=O) groups is 1. The Labute approximate surface area is 276 Å². The standard InChI is InChI=1S/C40H81NO3/c1-3-5-7-9-11-13-15-16-17-18-19-20-21-22-23-24-26-28-30-32-34-36-40(44)41-38(37-42)39(43)35-33-31-29-27-25-14-12-10-8-6-4-2/h38-39,42-43H,3-37H2,1-2H3,(H,41,44). The van der Waals surface area contributed by atoms with Crippen LogP contribution in [0.25, 0.3) is 0 Å². The van der Waals surface area contributed by atoms with E-state index in [2.05, 4.69) is 19.2 Å². The average Bonchev–Trinajstić information content (AvgIpc) is 3.03. The van der Waals surface area contributed by atoms with Gasteiger partial charge >= 0.3 is 0 Å². The van der Waals surface area contributed by atoms with Crippen LogP contribution >= 0.6 is 0 Å². The van der Waals surface area contributed by atoms with Crippen LogP contribution in [-0.4, -0.2) is 34.9 Å². The van der Waals surface area contributed by atoms with E-state index >= 15 is 0 Å². The molecule has 0 fully saturated rings. The number of aliphatic hydroxyl groups is 2. The Bertz CT molecular complexity index is 555. The summed E-state index contributed by atoms with van der Waals surface area (Å²) in [5.41, 5.74) is 0. The summed E-state index contributed by atoms with van der Waals surface area (Å²) in [4.78, 5) is 12.3. The summed E-state index contributed by atoms with van der Waals surface area (Å²) in [6.07, 6.45) is 43.1. The number of aliphatic hydroxyl groups excluding tert-OH is 2. The number of unbranched alkanes of at least 4 members (excludes halogenated alkanes) is 30. The Morgan fingerprint density at radius 3 is 1.02 bits per heavy atom. The monoisotopic (exact) mass is 624 g/mol. The van der Waals surface area contributed by atoms with Crippen LogP contribution in [0, 0.1) is 0 Å². The van der Waals surface area contributed by atoms with Crippen LogP contribution in [-0.2, 0) is 4.79 Å². The van der Waals surface area contributed by atoms with Gasteiger partial charge in [-0.2, -0.15) is 0 Å². The zero-order valence-corrected chi connectivity index (χ0v) is 30.2. The van der Waals surface area contributed by atoms with E-state index in [9.17, 15) is 15.0 Å². The maximum absolute atomic E-state index is 12.3. The van der Waals surface area contributed by atoms with Gasteiger partial charge in [0.1, 0.15) is 0 Å². The van der Waals surface area contributed by atoms with Crippen molar-refractivity contribution in [3.8, 4) is 0 Å². The van der Waals surface area contributed by atoms with Crippen LogP contribution in [0.3, 0.4) is 0 Å². The van der Waals surface area contributed by atoms with Gasteiger partial charge in [0.25, 0.3) is 0 Å². The molecule has 264 valence electrons. The predicted octanol–water partition coefficient (Wildman–Crippen LogP) is 12.1. The van der Waals surface area contributed by atoms with Crippen LogP contribution in [0.5, 0.6) is 0 Å². The minimum Gasteiger partial charge on any atom is -0.394 e. The Hall–Kier alpha value is -0.610. The normalized spacial score (nSPS) is 12.9. The summed E-state index contributed by atoms with van der Waals surface area (Å²) in [5, 5.41) is 23.0. The van der Waals surface area contributed by atoms with Gasteiger partial charge in [0.2, 0.25) is 5.91 Å². The lowest BCUT2D eigenvalue weighted by molar-refractivity contribution is -0.123. The second-order valence-corrected chi connectivity index (χ2v) is 14.1. The number of rotatable bonds is 37. The number of hydrogen-bond acceptors (Lipinski definition) is 3. The summed E-state index contributed by atoms with van der Waals surface area (Å²) >= 11 is 0. The van der Waals surface area contributed by atoms with Gasteiger partial charge in [-0.25, -0.2) is 0 Å². The molecular formula is C40H81NO3. The van der Waals surface area contributed by atoms with Crippen LogP contribution in [0.4, 0.5) is 0 Å². The van der Waals surface area contributed by atoms with Crippen molar-refractivity contribution >= 4 is 5.91 Å². The van der Waals surface area contributed by atoms with Crippen LogP contribution in [0.15, 0.2) is 0 Å². The third kappa shape index (κ3) is 32.8. The van der Waals surface area contributed by atoms with E-state index in [-0.39, 0.29) is 12.5 Å². The molecule has 0 rings (SSSR count). The number of nitrogens with one attached hydrogen (secondary N) is 1. The molecular weight excluding hydrogens is 542 g/mol. The summed E-state index contributed by atoms with van der Waals surface area (Å²) in [6.45, 7) is 4.36. The topological polar surface area (TPSA) is 69.6 Å². The molecule has 0 saturated carbocycles. The molecule has 0 aromatic carbocycles. The van der Waals surface area contributed by atoms with Gasteiger partial charge in [-0.15, -0.1) is 0 Å². The summed E-state index contributed by atoms with van der Waals surface area (Å²) in [5.74, 6) is -0.0279. The third-order valence-corrected chi connectivity index (χ3v) is 9.62. The lowest BCUT2D eigenvalue weighted by Crippen LogP contribution is -2.45. The number of amides is 1. The Kier molecular flexibility index (Phi) is 36.3. The first-order valence-corrected chi connectivity index (χ1v) is 20.2. The molecule has 0 bridgehead atoms. The zero-order valence-electron chi connectivity index (χ0n) is 30.2. The molecule has 0 spiro atoms. The van der Waals surface area contributed by atoms with Crippen molar-refractivity contribution in [2.45, 2.75) is 244 Å². The summed E-state index contributed by atoms with van der Waals surface area (Å²) in [6, 6.07) is -0.527. The second kappa shape index (κ2) is 36.9. The fourth-order valence-corrected chi connectivity index (χ4v) is 6.48.